The SMILES string of the molecule is CN(Cc1ccoc1)C(CN)c1cc(Br)c(Br)s1. The molecule has 0 aliphatic rings. The summed E-state index contributed by atoms with van der Waals surface area (Å²) in [6, 6.07) is 4.31. The summed E-state index contributed by atoms with van der Waals surface area (Å²) < 4.78 is 7.27. The van der Waals surface area contributed by atoms with Gasteiger partial charge in [-0.15, -0.1) is 11.3 Å². The van der Waals surface area contributed by atoms with E-state index >= 15 is 0 Å². The molecule has 2 N–H and O–H groups in total. The predicted molar refractivity (Wildman–Crippen MR) is 81.7 cm³/mol. The molecule has 0 aliphatic carbocycles. The van der Waals surface area contributed by atoms with Crippen LogP contribution in [0.3, 0.4) is 0 Å². The second-order valence-corrected chi connectivity index (χ2v) is 7.32. The van der Waals surface area contributed by atoms with Crippen LogP contribution < -0.4 is 5.73 Å². The van der Waals surface area contributed by atoms with Gasteiger partial charge in [-0.05, 0) is 51.0 Å². The van der Waals surface area contributed by atoms with Crippen LogP contribution in [0.1, 0.15) is 16.5 Å². The maximum Gasteiger partial charge on any atom is 0.0947 e. The van der Waals surface area contributed by atoms with E-state index in [-0.39, 0.29) is 6.04 Å². The molecule has 0 bridgehead atoms. The van der Waals surface area contributed by atoms with Crippen LogP contribution in [0.2, 0.25) is 0 Å². The molecule has 1 unspecified atom stereocenters. The van der Waals surface area contributed by atoms with Gasteiger partial charge < -0.3 is 10.2 Å². The van der Waals surface area contributed by atoms with Crippen LogP contribution in [0.5, 0.6) is 0 Å². The second kappa shape index (κ2) is 6.34. The van der Waals surface area contributed by atoms with Crippen molar-refractivity contribution >= 4 is 43.2 Å². The van der Waals surface area contributed by atoms with Crippen molar-refractivity contribution in [3.63, 3.8) is 0 Å². The standard InChI is InChI=1S/C12H14Br2N2OS/c1-16(6-8-2-3-17-7-8)10(5-15)11-4-9(13)12(14)18-11/h2-4,7,10H,5-6,15H2,1H3. The minimum Gasteiger partial charge on any atom is -0.472 e. The lowest BCUT2D eigenvalue weighted by Gasteiger charge is -2.25. The van der Waals surface area contributed by atoms with Gasteiger partial charge in [0.2, 0.25) is 0 Å². The van der Waals surface area contributed by atoms with Gasteiger partial charge >= 0.3 is 0 Å². The maximum absolute atomic E-state index is 5.90. The van der Waals surface area contributed by atoms with E-state index in [9.17, 15) is 0 Å². The van der Waals surface area contributed by atoms with Crippen LogP contribution >= 0.6 is 43.2 Å². The number of halogens is 2. The Morgan fingerprint density at radius 2 is 2.28 bits per heavy atom. The first-order valence-corrected chi connectivity index (χ1v) is 7.88. The van der Waals surface area contributed by atoms with Crippen molar-refractivity contribution in [1.82, 2.24) is 4.90 Å². The quantitative estimate of drug-likeness (QED) is 0.834. The fourth-order valence-electron chi connectivity index (χ4n) is 1.82. The van der Waals surface area contributed by atoms with Gasteiger partial charge in [0, 0.05) is 28.0 Å². The third-order valence-electron chi connectivity index (χ3n) is 2.76. The Morgan fingerprint density at radius 1 is 1.50 bits per heavy atom. The highest BCUT2D eigenvalue weighted by molar-refractivity contribution is 9.13. The zero-order valence-corrected chi connectivity index (χ0v) is 13.9. The number of thiophene rings is 1. The molecule has 18 heavy (non-hydrogen) atoms. The van der Waals surface area contributed by atoms with Crippen LogP contribution in [-0.2, 0) is 6.54 Å². The Hall–Kier alpha value is -0.140. The summed E-state index contributed by atoms with van der Waals surface area (Å²) in [5, 5.41) is 0. The fourth-order valence-corrected chi connectivity index (χ4v) is 4.09. The predicted octanol–water partition coefficient (Wildman–Crippen LogP) is 4.00. The van der Waals surface area contributed by atoms with Crippen molar-refractivity contribution in [3.05, 3.63) is 43.4 Å². The minimum atomic E-state index is 0.215. The Bertz CT molecular complexity index is 479. The molecular formula is C12H14Br2N2OS. The summed E-state index contributed by atoms with van der Waals surface area (Å²) >= 11 is 8.75. The van der Waals surface area contributed by atoms with Gasteiger partial charge in [0.05, 0.1) is 22.4 Å². The molecule has 0 amide bonds. The van der Waals surface area contributed by atoms with Gasteiger partial charge in [0.1, 0.15) is 0 Å². The number of likely N-dealkylation sites (N-methyl/N-ethyl adjacent to an activating group) is 1. The van der Waals surface area contributed by atoms with Crippen LogP contribution in [0.15, 0.2) is 37.3 Å². The van der Waals surface area contributed by atoms with Crippen molar-refractivity contribution in [2.75, 3.05) is 13.6 Å². The van der Waals surface area contributed by atoms with Crippen LogP contribution in [0.4, 0.5) is 0 Å². The summed E-state index contributed by atoms with van der Waals surface area (Å²) in [5.41, 5.74) is 7.06. The van der Waals surface area contributed by atoms with Crippen molar-refractivity contribution < 1.29 is 4.42 Å². The summed E-state index contributed by atoms with van der Waals surface area (Å²) in [5.74, 6) is 0. The number of nitrogens with zero attached hydrogens (tertiary/aromatic N) is 1. The number of hydrogen-bond acceptors (Lipinski definition) is 4. The van der Waals surface area contributed by atoms with Crippen LogP contribution in [0.25, 0.3) is 0 Å². The lowest BCUT2D eigenvalue weighted by molar-refractivity contribution is 0.244. The largest absolute Gasteiger partial charge is 0.472 e. The molecule has 0 fully saturated rings. The number of nitrogens with two attached hydrogens (primary N) is 1. The monoisotopic (exact) mass is 392 g/mol. The smallest absolute Gasteiger partial charge is 0.0947 e. The molecule has 0 spiro atoms. The van der Waals surface area contributed by atoms with E-state index in [4.69, 9.17) is 10.2 Å². The third-order valence-corrected chi connectivity index (χ3v) is 6.12. The highest BCUT2D eigenvalue weighted by Crippen LogP contribution is 2.37. The van der Waals surface area contributed by atoms with Gasteiger partial charge in [-0.1, -0.05) is 0 Å². The Balaban J connectivity index is 2.12. The Morgan fingerprint density at radius 3 is 2.78 bits per heavy atom. The van der Waals surface area contributed by atoms with E-state index in [2.05, 4.69) is 49.9 Å². The van der Waals surface area contributed by atoms with Crippen molar-refractivity contribution in [2.24, 2.45) is 5.73 Å². The minimum absolute atomic E-state index is 0.215. The molecule has 0 saturated carbocycles. The first kappa shape index (κ1) is 14.3. The lowest BCUT2D eigenvalue weighted by Crippen LogP contribution is -2.29. The third kappa shape index (κ3) is 3.24. The molecule has 6 heteroatoms. The van der Waals surface area contributed by atoms with Crippen molar-refractivity contribution in [2.45, 2.75) is 12.6 Å². The average molecular weight is 394 g/mol. The maximum atomic E-state index is 5.90. The van der Waals surface area contributed by atoms with Gasteiger partial charge in [-0.25, -0.2) is 0 Å². The van der Waals surface area contributed by atoms with E-state index in [0.717, 1.165) is 20.4 Å². The molecule has 2 aromatic heterocycles. The second-order valence-electron chi connectivity index (χ2n) is 4.07. The van der Waals surface area contributed by atoms with E-state index in [1.165, 1.54) is 4.88 Å². The first-order valence-electron chi connectivity index (χ1n) is 5.48. The van der Waals surface area contributed by atoms with Gasteiger partial charge in [-0.2, -0.15) is 0 Å². The molecule has 3 nitrogen and oxygen atoms in total. The summed E-state index contributed by atoms with van der Waals surface area (Å²) in [7, 11) is 2.08. The summed E-state index contributed by atoms with van der Waals surface area (Å²) in [6.07, 6.45) is 3.46. The molecule has 2 aromatic rings. The number of furan rings is 1. The van der Waals surface area contributed by atoms with Gasteiger partial charge in [-0.3, -0.25) is 4.90 Å². The summed E-state index contributed by atoms with van der Waals surface area (Å²) in [6.45, 7) is 1.42. The molecular weight excluding hydrogens is 380 g/mol. The lowest BCUT2D eigenvalue weighted by atomic mass is 10.2. The molecule has 2 heterocycles. The van der Waals surface area contributed by atoms with Crippen LogP contribution in [0, 0.1) is 0 Å². The van der Waals surface area contributed by atoms with Gasteiger partial charge in [0.25, 0.3) is 0 Å². The molecule has 0 radical (unpaired) electrons. The van der Waals surface area contributed by atoms with E-state index in [0.29, 0.717) is 6.54 Å². The zero-order valence-electron chi connectivity index (χ0n) is 9.90. The van der Waals surface area contributed by atoms with E-state index < -0.39 is 0 Å². The van der Waals surface area contributed by atoms with E-state index in [1.54, 1.807) is 23.9 Å². The molecule has 0 aliphatic heterocycles. The molecule has 2 rings (SSSR count). The highest BCUT2D eigenvalue weighted by Gasteiger charge is 2.19. The molecule has 98 valence electrons. The molecule has 1 atom stereocenters. The molecule has 0 aromatic carbocycles. The highest BCUT2D eigenvalue weighted by atomic mass is 79.9. The van der Waals surface area contributed by atoms with Crippen molar-refractivity contribution in [1.29, 1.82) is 0 Å². The zero-order chi connectivity index (χ0) is 13.1. The van der Waals surface area contributed by atoms with E-state index in [1.807, 2.05) is 6.07 Å². The average Bonchev–Trinajstić information content (AvgIpc) is 2.92. The Kier molecular flexibility index (Phi) is 5.03. The fraction of sp³-hybridized carbons (Fsp3) is 0.333. The normalized spacial score (nSPS) is 13.2. The Labute approximate surface area is 127 Å². The topological polar surface area (TPSA) is 42.4 Å². The summed E-state index contributed by atoms with van der Waals surface area (Å²) in [4.78, 5) is 3.48. The first-order chi connectivity index (χ1) is 8.61. The van der Waals surface area contributed by atoms with Crippen molar-refractivity contribution in [3.8, 4) is 0 Å². The number of hydrogen-bond donors (Lipinski definition) is 1. The van der Waals surface area contributed by atoms with Crippen LogP contribution in [-0.4, -0.2) is 18.5 Å². The van der Waals surface area contributed by atoms with Gasteiger partial charge in [0.15, 0.2) is 0 Å². The molecule has 0 saturated heterocycles. The number of rotatable bonds is 5.